The number of nitrogens with zero attached hydrogens (tertiary/aromatic N) is 1. The number of amides is 1. The van der Waals surface area contributed by atoms with E-state index < -0.39 is 0 Å². The van der Waals surface area contributed by atoms with Crippen LogP contribution < -0.4 is 11.1 Å². The van der Waals surface area contributed by atoms with Gasteiger partial charge < -0.3 is 11.1 Å². The number of hydrogen-bond acceptors (Lipinski definition) is 3. The van der Waals surface area contributed by atoms with Crippen LogP contribution >= 0.6 is 23.2 Å². The third-order valence-corrected chi connectivity index (χ3v) is 4.13. The van der Waals surface area contributed by atoms with Crippen molar-refractivity contribution in [1.82, 2.24) is 4.90 Å². The van der Waals surface area contributed by atoms with Gasteiger partial charge in [-0.05, 0) is 39.4 Å². The third kappa shape index (κ3) is 4.01. The van der Waals surface area contributed by atoms with Gasteiger partial charge in [-0.15, -0.1) is 0 Å². The molecule has 0 aliphatic rings. The lowest BCUT2D eigenvalue weighted by atomic mass is 10.1. The standard InChI is InChI=1S/C14H21Cl2N3O/c1-5-8(2)19(4)9(3)14(20)18-13-11(16)6-10(15)7-12(13)17/h6-9H,5,17H2,1-4H3,(H,18,20). The molecule has 4 nitrogen and oxygen atoms in total. The number of anilines is 2. The molecule has 112 valence electrons. The molecule has 0 saturated carbocycles. The highest BCUT2D eigenvalue weighted by Gasteiger charge is 2.22. The van der Waals surface area contributed by atoms with Crippen molar-refractivity contribution in [2.24, 2.45) is 0 Å². The van der Waals surface area contributed by atoms with Gasteiger partial charge in [0.2, 0.25) is 5.91 Å². The Morgan fingerprint density at radius 3 is 2.50 bits per heavy atom. The predicted molar refractivity (Wildman–Crippen MR) is 86.5 cm³/mol. The van der Waals surface area contributed by atoms with E-state index in [1.54, 1.807) is 12.1 Å². The number of carbonyl (C=O) groups excluding carboxylic acids is 1. The van der Waals surface area contributed by atoms with Gasteiger partial charge in [-0.1, -0.05) is 30.1 Å². The van der Waals surface area contributed by atoms with Gasteiger partial charge in [0.25, 0.3) is 0 Å². The number of rotatable bonds is 5. The molecule has 1 aromatic rings. The fraction of sp³-hybridized carbons (Fsp3) is 0.500. The van der Waals surface area contributed by atoms with Crippen LogP contribution in [0.25, 0.3) is 0 Å². The Morgan fingerprint density at radius 2 is 2.00 bits per heavy atom. The van der Waals surface area contributed by atoms with Crippen LogP contribution in [0, 0.1) is 0 Å². The normalized spacial score (nSPS) is 14.2. The minimum Gasteiger partial charge on any atom is -0.397 e. The zero-order valence-electron chi connectivity index (χ0n) is 12.2. The maximum absolute atomic E-state index is 12.3. The molecule has 20 heavy (non-hydrogen) atoms. The fourth-order valence-electron chi connectivity index (χ4n) is 1.81. The highest BCUT2D eigenvalue weighted by atomic mass is 35.5. The third-order valence-electron chi connectivity index (χ3n) is 3.61. The number of nitrogens with two attached hydrogens (primary N) is 1. The number of nitrogens with one attached hydrogen (secondary N) is 1. The molecule has 1 aromatic carbocycles. The van der Waals surface area contributed by atoms with Crippen molar-refractivity contribution in [2.75, 3.05) is 18.1 Å². The molecule has 1 amide bonds. The van der Waals surface area contributed by atoms with Crippen molar-refractivity contribution in [3.8, 4) is 0 Å². The molecule has 0 aromatic heterocycles. The molecule has 0 saturated heterocycles. The quantitative estimate of drug-likeness (QED) is 0.815. The lowest BCUT2D eigenvalue weighted by Crippen LogP contribution is -2.44. The average Bonchev–Trinajstić information content (AvgIpc) is 2.39. The van der Waals surface area contributed by atoms with E-state index in [4.69, 9.17) is 28.9 Å². The van der Waals surface area contributed by atoms with E-state index in [1.807, 2.05) is 18.9 Å². The Hall–Kier alpha value is -0.970. The van der Waals surface area contributed by atoms with Crippen LogP contribution in [0.4, 0.5) is 11.4 Å². The summed E-state index contributed by atoms with van der Waals surface area (Å²) in [5.41, 5.74) is 6.60. The van der Waals surface area contributed by atoms with Gasteiger partial charge in [0.1, 0.15) is 0 Å². The van der Waals surface area contributed by atoms with Crippen LogP contribution in [-0.4, -0.2) is 29.9 Å². The van der Waals surface area contributed by atoms with Crippen LogP contribution in [0.3, 0.4) is 0 Å². The number of benzene rings is 1. The molecule has 3 N–H and O–H groups in total. The molecular weight excluding hydrogens is 297 g/mol. The molecule has 2 atom stereocenters. The van der Waals surface area contributed by atoms with Crippen molar-refractivity contribution < 1.29 is 4.79 Å². The number of nitrogen functional groups attached to an aromatic ring is 1. The zero-order chi connectivity index (χ0) is 15.4. The van der Waals surface area contributed by atoms with Gasteiger partial charge in [0.05, 0.1) is 22.4 Å². The van der Waals surface area contributed by atoms with Gasteiger partial charge >= 0.3 is 0 Å². The molecule has 1 rings (SSSR count). The molecular formula is C14H21Cl2N3O. The van der Waals surface area contributed by atoms with Crippen molar-refractivity contribution in [1.29, 1.82) is 0 Å². The minimum absolute atomic E-state index is 0.149. The zero-order valence-corrected chi connectivity index (χ0v) is 13.7. The van der Waals surface area contributed by atoms with Crippen LogP contribution in [0.2, 0.25) is 10.0 Å². The monoisotopic (exact) mass is 317 g/mol. The van der Waals surface area contributed by atoms with Crippen LogP contribution in [0.1, 0.15) is 27.2 Å². The van der Waals surface area contributed by atoms with Crippen LogP contribution in [0.5, 0.6) is 0 Å². The molecule has 0 fully saturated rings. The van der Waals surface area contributed by atoms with Gasteiger partial charge in [0, 0.05) is 11.1 Å². The summed E-state index contributed by atoms with van der Waals surface area (Å²) in [4.78, 5) is 14.3. The number of carbonyl (C=O) groups is 1. The van der Waals surface area contributed by atoms with Gasteiger partial charge in [0.15, 0.2) is 0 Å². The summed E-state index contributed by atoms with van der Waals surface area (Å²) in [5.74, 6) is -0.149. The molecule has 0 aliphatic carbocycles. The van der Waals surface area contributed by atoms with E-state index in [9.17, 15) is 4.79 Å². The Morgan fingerprint density at radius 1 is 1.40 bits per heavy atom. The van der Waals surface area contributed by atoms with Crippen LogP contribution in [-0.2, 0) is 4.79 Å². The van der Waals surface area contributed by atoms with E-state index in [0.717, 1.165) is 6.42 Å². The van der Waals surface area contributed by atoms with E-state index in [0.29, 0.717) is 27.5 Å². The summed E-state index contributed by atoms with van der Waals surface area (Å²) in [7, 11) is 1.92. The molecule has 0 heterocycles. The molecule has 6 heteroatoms. The van der Waals surface area contributed by atoms with Crippen LogP contribution in [0.15, 0.2) is 12.1 Å². The second-order valence-electron chi connectivity index (χ2n) is 4.94. The maximum atomic E-state index is 12.3. The molecule has 0 bridgehead atoms. The Bertz CT molecular complexity index is 470. The minimum atomic E-state index is -0.281. The van der Waals surface area contributed by atoms with E-state index in [2.05, 4.69) is 19.2 Å². The first kappa shape index (κ1) is 17.1. The van der Waals surface area contributed by atoms with Crippen molar-refractivity contribution >= 4 is 40.5 Å². The molecule has 0 radical (unpaired) electrons. The molecule has 0 spiro atoms. The number of hydrogen-bond donors (Lipinski definition) is 2. The van der Waals surface area contributed by atoms with Gasteiger partial charge in [-0.25, -0.2) is 0 Å². The number of halogens is 2. The Labute approximate surface area is 130 Å². The largest absolute Gasteiger partial charge is 0.397 e. The summed E-state index contributed by atoms with van der Waals surface area (Å²) in [6, 6.07) is 3.15. The van der Waals surface area contributed by atoms with E-state index >= 15 is 0 Å². The number of likely N-dealkylation sites (N-methyl/N-ethyl adjacent to an activating group) is 1. The molecule has 2 unspecified atom stereocenters. The second-order valence-corrected chi connectivity index (χ2v) is 5.78. The van der Waals surface area contributed by atoms with E-state index in [-0.39, 0.29) is 11.9 Å². The summed E-state index contributed by atoms with van der Waals surface area (Å²) >= 11 is 11.9. The summed E-state index contributed by atoms with van der Waals surface area (Å²) in [6.07, 6.45) is 0.970. The highest BCUT2D eigenvalue weighted by molar-refractivity contribution is 6.37. The second kappa shape index (κ2) is 7.16. The first-order valence-corrected chi connectivity index (χ1v) is 7.30. The predicted octanol–water partition coefficient (Wildman–Crippen LogP) is 3.63. The SMILES string of the molecule is CCC(C)N(C)C(C)C(=O)Nc1c(N)cc(Cl)cc1Cl. The molecule has 0 aliphatic heterocycles. The summed E-state index contributed by atoms with van der Waals surface area (Å²) in [6.45, 7) is 6.01. The Kier molecular flexibility index (Phi) is 6.11. The van der Waals surface area contributed by atoms with Crippen molar-refractivity contribution in [2.45, 2.75) is 39.3 Å². The van der Waals surface area contributed by atoms with Crippen molar-refractivity contribution in [3.05, 3.63) is 22.2 Å². The maximum Gasteiger partial charge on any atom is 0.241 e. The smallest absolute Gasteiger partial charge is 0.241 e. The average molecular weight is 318 g/mol. The summed E-state index contributed by atoms with van der Waals surface area (Å²) in [5, 5.41) is 3.54. The van der Waals surface area contributed by atoms with E-state index in [1.165, 1.54) is 0 Å². The Balaban J connectivity index is 2.86. The topological polar surface area (TPSA) is 58.4 Å². The first-order valence-electron chi connectivity index (χ1n) is 6.55. The first-order chi connectivity index (χ1) is 9.27. The van der Waals surface area contributed by atoms with Gasteiger partial charge in [-0.2, -0.15) is 0 Å². The highest BCUT2D eigenvalue weighted by Crippen LogP contribution is 2.32. The fourth-order valence-corrected chi connectivity index (χ4v) is 2.36. The lowest BCUT2D eigenvalue weighted by Gasteiger charge is -2.29. The lowest BCUT2D eigenvalue weighted by molar-refractivity contribution is -0.120. The van der Waals surface area contributed by atoms with Crippen molar-refractivity contribution in [3.63, 3.8) is 0 Å². The summed E-state index contributed by atoms with van der Waals surface area (Å²) < 4.78 is 0. The van der Waals surface area contributed by atoms with Gasteiger partial charge in [-0.3, -0.25) is 9.69 Å².